The first-order valence-corrected chi connectivity index (χ1v) is 10.9. The Bertz CT molecular complexity index is 497. The van der Waals surface area contributed by atoms with E-state index in [4.69, 9.17) is 4.99 Å². The van der Waals surface area contributed by atoms with Gasteiger partial charge in [-0.2, -0.15) is 0 Å². The summed E-state index contributed by atoms with van der Waals surface area (Å²) in [4.78, 5) is 26.4. The summed E-state index contributed by atoms with van der Waals surface area (Å²) in [5.41, 5.74) is 0. The molecular formula is C20H38N6O. The van der Waals surface area contributed by atoms with Gasteiger partial charge in [-0.05, 0) is 52.1 Å². The van der Waals surface area contributed by atoms with Crippen molar-refractivity contribution in [3.63, 3.8) is 0 Å². The highest BCUT2D eigenvalue weighted by Gasteiger charge is 2.25. The first-order chi connectivity index (χ1) is 13.2. The van der Waals surface area contributed by atoms with Crippen LogP contribution in [-0.4, -0.2) is 111 Å². The van der Waals surface area contributed by atoms with Gasteiger partial charge in [0.2, 0.25) is 5.91 Å². The second-order valence-corrected chi connectivity index (χ2v) is 8.32. The summed E-state index contributed by atoms with van der Waals surface area (Å²) < 4.78 is 0. The molecule has 7 heteroatoms. The number of guanidine groups is 1. The zero-order chi connectivity index (χ0) is 19.1. The van der Waals surface area contributed by atoms with Crippen molar-refractivity contribution >= 4 is 11.9 Å². The van der Waals surface area contributed by atoms with E-state index in [1.807, 2.05) is 4.90 Å². The molecule has 1 N–H and O–H groups in total. The van der Waals surface area contributed by atoms with E-state index in [1.165, 1.54) is 32.2 Å². The number of piperidine rings is 1. The minimum Gasteiger partial charge on any atom is -0.357 e. The van der Waals surface area contributed by atoms with Crippen molar-refractivity contribution in [2.75, 3.05) is 79.0 Å². The number of aliphatic imine (C=N–C) groups is 1. The van der Waals surface area contributed by atoms with E-state index in [0.29, 0.717) is 18.4 Å². The lowest BCUT2D eigenvalue weighted by Crippen LogP contribution is -2.54. The zero-order valence-electron chi connectivity index (χ0n) is 17.3. The van der Waals surface area contributed by atoms with Crippen molar-refractivity contribution in [2.24, 2.45) is 10.9 Å². The van der Waals surface area contributed by atoms with E-state index in [1.54, 1.807) is 0 Å². The summed E-state index contributed by atoms with van der Waals surface area (Å²) >= 11 is 0. The molecule has 154 valence electrons. The Kier molecular flexibility index (Phi) is 7.76. The number of piperazine rings is 1. The third-order valence-electron chi connectivity index (χ3n) is 6.05. The number of nitrogens with zero attached hydrogens (tertiary/aromatic N) is 5. The third kappa shape index (κ3) is 6.07. The van der Waals surface area contributed by atoms with Gasteiger partial charge in [-0.1, -0.05) is 0 Å². The number of amides is 1. The summed E-state index contributed by atoms with van der Waals surface area (Å²) in [7, 11) is 2.21. The van der Waals surface area contributed by atoms with Crippen LogP contribution in [0.1, 0.15) is 32.6 Å². The normalized spacial score (nSPS) is 25.9. The fourth-order valence-electron chi connectivity index (χ4n) is 4.44. The highest BCUT2D eigenvalue weighted by atomic mass is 16.2. The maximum absolute atomic E-state index is 12.4. The lowest BCUT2D eigenvalue weighted by molar-refractivity contribution is -0.131. The van der Waals surface area contributed by atoms with Gasteiger partial charge >= 0.3 is 0 Å². The van der Waals surface area contributed by atoms with Crippen LogP contribution in [0.3, 0.4) is 0 Å². The largest absolute Gasteiger partial charge is 0.357 e. The van der Waals surface area contributed by atoms with Crippen LogP contribution in [-0.2, 0) is 4.79 Å². The van der Waals surface area contributed by atoms with Crippen LogP contribution in [0.15, 0.2) is 4.99 Å². The van der Waals surface area contributed by atoms with Gasteiger partial charge in [0.1, 0.15) is 0 Å². The Balaban J connectivity index is 1.46. The Hall–Kier alpha value is -1.34. The number of rotatable bonds is 5. The molecule has 3 fully saturated rings. The number of nitrogens with one attached hydrogen (secondary N) is 1. The molecule has 3 saturated heterocycles. The first-order valence-electron chi connectivity index (χ1n) is 10.9. The van der Waals surface area contributed by atoms with Gasteiger partial charge in [0.25, 0.3) is 0 Å². The smallest absolute Gasteiger partial charge is 0.236 e. The molecule has 3 heterocycles. The van der Waals surface area contributed by atoms with Crippen LogP contribution in [0.2, 0.25) is 0 Å². The highest BCUT2D eigenvalue weighted by Crippen LogP contribution is 2.15. The Labute approximate surface area is 164 Å². The fraction of sp³-hybridized carbons (Fsp3) is 0.900. The van der Waals surface area contributed by atoms with Crippen molar-refractivity contribution in [2.45, 2.75) is 32.6 Å². The van der Waals surface area contributed by atoms with Crippen LogP contribution in [0.5, 0.6) is 0 Å². The number of hydrogen-bond donors (Lipinski definition) is 1. The minimum absolute atomic E-state index is 0.308. The fourth-order valence-corrected chi connectivity index (χ4v) is 4.44. The van der Waals surface area contributed by atoms with Gasteiger partial charge in [-0.25, -0.2) is 0 Å². The van der Waals surface area contributed by atoms with Crippen LogP contribution in [0, 0.1) is 5.92 Å². The molecule has 0 spiro atoms. The predicted molar refractivity (Wildman–Crippen MR) is 110 cm³/mol. The molecule has 3 rings (SSSR count). The molecule has 7 nitrogen and oxygen atoms in total. The molecule has 27 heavy (non-hydrogen) atoms. The van der Waals surface area contributed by atoms with E-state index in [9.17, 15) is 4.79 Å². The van der Waals surface area contributed by atoms with Crippen molar-refractivity contribution in [3.8, 4) is 0 Å². The summed E-state index contributed by atoms with van der Waals surface area (Å²) in [5, 5.41) is 3.47. The van der Waals surface area contributed by atoms with Crippen LogP contribution in [0.25, 0.3) is 0 Å². The van der Waals surface area contributed by atoms with Gasteiger partial charge in [-0.3, -0.25) is 14.7 Å². The second kappa shape index (κ2) is 10.3. The lowest BCUT2D eigenvalue weighted by Gasteiger charge is -2.37. The average Bonchev–Trinajstić information content (AvgIpc) is 3.21. The molecular weight excluding hydrogens is 340 g/mol. The van der Waals surface area contributed by atoms with Gasteiger partial charge in [0.15, 0.2) is 5.96 Å². The molecule has 1 amide bonds. The summed E-state index contributed by atoms with van der Waals surface area (Å²) in [6, 6.07) is 0. The Morgan fingerprint density at radius 2 is 1.74 bits per heavy atom. The first kappa shape index (κ1) is 20.4. The minimum atomic E-state index is 0.308. The molecule has 1 atom stereocenters. The molecule has 3 aliphatic heterocycles. The maximum Gasteiger partial charge on any atom is 0.236 e. The van der Waals surface area contributed by atoms with Crippen LogP contribution in [0.4, 0.5) is 0 Å². The highest BCUT2D eigenvalue weighted by molar-refractivity contribution is 5.80. The van der Waals surface area contributed by atoms with E-state index in [2.05, 4.69) is 34.0 Å². The van der Waals surface area contributed by atoms with Gasteiger partial charge in [0, 0.05) is 58.9 Å². The van der Waals surface area contributed by atoms with Crippen LogP contribution < -0.4 is 5.32 Å². The average molecular weight is 379 g/mol. The Morgan fingerprint density at radius 3 is 2.41 bits per heavy atom. The molecule has 0 aromatic heterocycles. The van der Waals surface area contributed by atoms with E-state index in [-0.39, 0.29) is 0 Å². The molecule has 0 saturated carbocycles. The number of hydrogen-bond acceptors (Lipinski definition) is 4. The molecule has 0 aromatic carbocycles. The van der Waals surface area contributed by atoms with E-state index >= 15 is 0 Å². The van der Waals surface area contributed by atoms with Gasteiger partial charge < -0.3 is 20.0 Å². The summed E-state index contributed by atoms with van der Waals surface area (Å²) in [6.07, 6.45) is 4.91. The van der Waals surface area contributed by atoms with E-state index in [0.717, 1.165) is 64.9 Å². The summed E-state index contributed by atoms with van der Waals surface area (Å²) in [6.45, 7) is 12.6. The molecule has 3 aliphatic rings. The van der Waals surface area contributed by atoms with Gasteiger partial charge in [0.05, 0.1) is 6.54 Å². The van der Waals surface area contributed by atoms with Crippen molar-refractivity contribution in [3.05, 3.63) is 0 Å². The number of carbonyl (C=O) groups excluding carboxylic acids is 1. The SMILES string of the molecule is CCNC(=NCC1CCCN(C)C1)N1CCN(CC(=O)N2CCCC2)CC1. The standard InChI is InChI=1S/C20H38N6O/c1-3-21-20(22-15-18-7-6-8-23(2)16-18)26-13-11-24(12-14-26)17-19(27)25-9-4-5-10-25/h18H,3-17H2,1-2H3,(H,21,22). The molecule has 1 unspecified atom stereocenters. The second-order valence-electron chi connectivity index (χ2n) is 8.32. The van der Waals surface area contributed by atoms with Crippen molar-refractivity contribution < 1.29 is 4.79 Å². The molecule has 0 bridgehead atoms. The predicted octanol–water partition coefficient (Wildman–Crippen LogP) is 0.534. The van der Waals surface area contributed by atoms with Gasteiger partial charge in [-0.15, -0.1) is 0 Å². The monoisotopic (exact) mass is 378 g/mol. The zero-order valence-corrected chi connectivity index (χ0v) is 17.3. The van der Waals surface area contributed by atoms with Crippen molar-refractivity contribution in [1.82, 2.24) is 24.9 Å². The molecule has 0 aliphatic carbocycles. The van der Waals surface area contributed by atoms with E-state index < -0.39 is 0 Å². The molecule has 0 radical (unpaired) electrons. The molecule has 0 aromatic rings. The third-order valence-corrected chi connectivity index (χ3v) is 6.05. The maximum atomic E-state index is 12.4. The van der Waals surface area contributed by atoms with Crippen LogP contribution >= 0.6 is 0 Å². The topological polar surface area (TPSA) is 54.4 Å². The quantitative estimate of drug-likeness (QED) is 0.559. The lowest BCUT2D eigenvalue weighted by atomic mass is 9.99. The number of likely N-dealkylation sites (tertiary alicyclic amines) is 2. The summed E-state index contributed by atoms with van der Waals surface area (Å²) in [5.74, 6) is 2.04. The Morgan fingerprint density at radius 1 is 1.00 bits per heavy atom. The number of carbonyl (C=O) groups is 1. The van der Waals surface area contributed by atoms with Crippen molar-refractivity contribution in [1.29, 1.82) is 0 Å².